The van der Waals surface area contributed by atoms with Crippen LogP contribution in [0.5, 0.6) is 0 Å². The fourth-order valence-electron chi connectivity index (χ4n) is 6.80. The summed E-state index contributed by atoms with van der Waals surface area (Å²) in [7, 11) is 0. The molecule has 2 bridgehead atoms. The fourth-order valence-corrected chi connectivity index (χ4v) is 6.80. The van der Waals surface area contributed by atoms with Crippen LogP contribution in [0.3, 0.4) is 0 Å². The Morgan fingerprint density at radius 1 is 1.03 bits per heavy atom. The molecule has 7 nitrogen and oxygen atoms in total. The van der Waals surface area contributed by atoms with E-state index in [9.17, 15) is 0 Å². The minimum atomic E-state index is -0.0442. The third-order valence-corrected chi connectivity index (χ3v) is 8.41. The van der Waals surface area contributed by atoms with E-state index in [1.165, 1.54) is 31.2 Å². The van der Waals surface area contributed by atoms with Crippen molar-refractivity contribution < 1.29 is 9.47 Å². The van der Waals surface area contributed by atoms with E-state index >= 15 is 0 Å². The molecule has 4 saturated heterocycles. The van der Waals surface area contributed by atoms with E-state index in [1.54, 1.807) is 0 Å². The van der Waals surface area contributed by atoms with Gasteiger partial charge in [0.05, 0.1) is 19.1 Å². The summed E-state index contributed by atoms with van der Waals surface area (Å²) in [6, 6.07) is 12.4. The van der Waals surface area contributed by atoms with Crippen LogP contribution in [0.25, 0.3) is 0 Å². The van der Waals surface area contributed by atoms with Crippen molar-refractivity contribution in [3.8, 4) is 0 Å². The van der Waals surface area contributed by atoms with Crippen molar-refractivity contribution in [2.45, 2.75) is 81.8 Å². The summed E-state index contributed by atoms with van der Waals surface area (Å²) in [4.78, 5) is 2.75. The van der Waals surface area contributed by atoms with E-state index < -0.39 is 0 Å². The van der Waals surface area contributed by atoms with E-state index in [0.717, 1.165) is 37.6 Å². The number of fused-ring (bicyclic) bond motifs is 3. The Morgan fingerprint density at radius 3 is 2.59 bits per heavy atom. The highest BCUT2D eigenvalue weighted by Gasteiger charge is 2.47. The zero-order valence-corrected chi connectivity index (χ0v) is 19.0. The highest BCUT2D eigenvalue weighted by Crippen LogP contribution is 2.45. The van der Waals surface area contributed by atoms with Crippen LogP contribution in [0.2, 0.25) is 0 Å². The lowest BCUT2D eigenvalue weighted by molar-refractivity contribution is -0.0905. The molecular weight excluding hydrogens is 402 g/mol. The summed E-state index contributed by atoms with van der Waals surface area (Å²) >= 11 is 0. The maximum atomic E-state index is 6.51. The van der Waals surface area contributed by atoms with E-state index in [2.05, 4.69) is 56.9 Å². The van der Waals surface area contributed by atoms with Gasteiger partial charge in [-0.2, -0.15) is 0 Å². The highest BCUT2D eigenvalue weighted by molar-refractivity contribution is 5.18. The summed E-state index contributed by atoms with van der Waals surface area (Å²) < 4.78 is 14.2. The van der Waals surface area contributed by atoms with Gasteiger partial charge in [-0.1, -0.05) is 30.3 Å². The van der Waals surface area contributed by atoms with E-state index in [0.29, 0.717) is 36.6 Å². The van der Waals surface area contributed by atoms with Crippen molar-refractivity contribution in [1.82, 2.24) is 19.7 Å². The zero-order valence-electron chi connectivity index (χ0n) is 19.0. The molecule has 7 heteroatoms. The number of hydrogen-bond acceptors (Lipinski definition) is 6. The van der Waals surface area contributed by atoms with Gasteiger partial charge >= 0.3 is 0 Å². The summed E-state index contributed by atoms with van der Waals surface area (Å²) in [6.45, 7) is 4.70. The SMILES string of the molecule is Cc1nnc(C2CO[C@H]3OCCC23)n1C1CC2CCC(C1)N2CC[C@H](N)c1ccccc1. The Morgan fingerprint density at radius 2 is 1.81 bits per heavy atom. The molecule has 1 aromatic heterocycles. The molecule has 2 N–H and O–H groups in total. The van der Waals surface area contributed by atoms with Crippen molar-refractivity contribution in [1.29, 1.82) is 0 Å². The summed E-state index contributed by atoms with van der Waals surface area (Å²) in [5, 5.41) is 9.18. The molecule has 4 aliphatic rings. The number of benzene rings is 1. The zero-order chi connectivity index (χ0) is 21.7. The second kappa shape index (κ2) is 8.52. The lowest BCUT2D eigenvalue weighted by atomic mass is 9.91. The number of aryl methyl sites for hydroxylation is 1. The number of hydrogen-bond donors (Lipinski definition) is 1. The Hall–Kier alpha value is -1.80. The first-order valence-corrected chi connectivity index (χ1v) is 12.4. The number of rotatable bonds is 6. The second-order valence-electron chi connectivity index (χ2n) is 10.2. The molecule has 32 heavy (non-hydrogen) atoms. The van der Waals surface area contributed by atoms with Gasteiger partial charge in [0.15, 0.2) is 6.29 Å². The molecule has 6 rings (SSSR count). The van der Waals surface area contributed by atoms with Gasteiger partial charge in [0.1, 0.15) is 11.6 Å². The molecule has 172 valence electrons. The normalized spacial score (nSPS) is 35.3. The molecule has 4 aliphatic heterocycles. The number of aromatic nitrogens is 3. The quantitative estimate of drug-likeness (QED) is 0.747. The van der Waals surface area contributed by atoms with Crippen LogP contribution < -0.4 is 5.73 Å². The smallest absolute Gasteiger partial charge is 0.161 e. The van der Waals surface area contributed by atoms with Gasteiger partial charge in [0, 0.05) is 36.6 Å². The van der Waals surface area contributed by atoms with Crippen LogP contribution >= 0.6 is 0 Å². The van der Waals surface area contributed by atoms with Gasteiger partial charge < -0.3 is 19.8 Å². The Balaban J connectivity index is 1.15. The minimum absolute atomic E-state index is 0.0442. The monoisotopic (exact) mass is 437 g/mol. The number of nitrogens with two attached hydrogens (primary N) is 1. The molecule has 0 amide bonds. The summed E-state index contributed by atoms with van der Waals surface area (Å²) in [6.07, 6.45) is 6.99. The third kappa shape index (κ3) is 3.59. The topological polar surface area (TPSA) is 78.4 Å². The molecule has 5 heterocycles. The first-order chi connectivity index (χ1) is 15.7. The van der Waals surface area contributed by atoms with Crippen molar-refractivity contribution in [3.63, 3.8) is 0 Å². The largest absolute Gasteiger partial charge is 0.352 e. The minimum Gasteiger partial charge on any atom is -0.352 e. The standard InChI is InChI=1S/C25H35N5O2/c1-16-27-28-24(22-15-32-25-21(22)10-12-31-25)30(16)20-13-18-7-8-19(14-20)29(18)11-9-23(26)17-5-3-2-4-6-17/h2-6,18-23,25H,7-15,26H2,1H3/t18?,19?,20?,21?,22?,23-,25+/m0/s1. The molecule has 4 fully saturated rings. The van der Waals surface area contributed by atoms with Crippen molar-refractivity contribution >= 4 is 0 Å². The Bertz CT molecular complexity index is 920. The van der Waals surface area contributed by atoms with Gasteiger partial charge in [-0.15, -0.1) is 10.2 Å². The first-order valence-electron chi connectivity index (χ1n) is 12.4. The van der Waals surface area contributed by atoms with E-state index in [-0.39, 0.29) is 12.3 Å². The van der Waals surface area contributed by atoms with Crippen LogP contribution in [-0.2, 0) is 9.47 Å². The van der Waals surface area contributed by atoms with Crippen molar-refractivity contribution in [2.24, 2.45) is 11.7 Å². The van der Waals surface area contributed by atoms with E-state index in [1.807, 2.05) is 0 Å². The van der Waals surface area contributed by atoms with Crippen LogP contribution in [0.15, 0.2) is 30.3 Å². The third-order valence-electron chi connectivity index (χ3n) is 8.41. The van der Waals surface area contributed by atoms with Crippen LogP contribution in [0, 0.1) is 12.8 Å². The van der Waals surface area contributed by atoms with Gasteiger partial charge in [-0.05, 0) is 51.0 Å². The number of piperidine rings is 1. The van der Waals surface area contributed by atoms with Crippen molar-refractivity contribution in [2.75, 3.05) is 19.8 Å². The fraction of sp³-hybridized carbons (Fsp3) is 0.680. The van der Waals surface area contributed by atoms with Gasteiger partial charge in [-0.25, -0.2) is 0 Å². The molecular formula is C25H35N5O2. The molecule has 6 atom stereocenters. The maximum absolute atomic E-state index is 6.51. The van der Waals surface area contributed by atoms with Gasteiger partial charge in [-0.3, -0.25) is 4.90 Å². The Kier molecular flexibility index (Phi) is 5.53. The second-order valence-corrected chi connectivity index (χ2v) is 10.2. The molecule has 0 aliphatic carbocycles. The van der Waals surface area contributed by atoms with Gasteiger partial charge in [0.2, 0.25) is 0 Å². The predicted molar refractivity (Wildman–Crippen MR) is 121 cm³/mol. The molecule has 2 aromatic rings. The highest BCUT2D eigenvalue weighted by atomic mass is 16.7. The number of nitrogens with zero attached hydrogens (tertiary/aromatic N) is 4. The molecule has 0 spiro atoms. The number of ether oxygens (including phenoxy) is 2. The summed E-state index contributed by atoms with van der Waals surface area (Å²) in [5.74, 6) is 2.91. The average Bonchev–Trinajstić information content (AvgIpc) is 3.56. The van der Waals surface area contributed by atoms with Gasteiger partial charge in [0.25, 0.3) is 0 Å². The Labute approximate surface area is 190 Å². The van der Waals surface area contributed by atoms with Crippen LogP contribution in [0.4, 0.5) is 0 Å². The first kappa shape index (κ1) is 20.8. The van der Waals surface area contributed by atoms with Crippen molar-refractivity contribution in [3.05, 3.63) is 47.5 Å². The molecule has 0 radical (unpaired) electrons. The molecule has 4 unspecified atom stereocenters. The summed E-state index contributed by atoms with van der Waals surface area (Å²) in [5.41, 5.74) is 7.75. The predicted octanol–water partition coefficient (Wildman–Crippen LogP) is 3.32. The van der Waals surface area contributed by atoms with Crippen LogP contribution in [-0.4, -0.2) is 57.8 Å². The van der Waals surface area contributed by atoms with E-state index in [4.69, 9.17) is 15.2 Å². The maximum Gasteiger partial charge on any atom is 0.161 e. The lowest BCUT2D eigenvalue weighted by Gasteiger charge is -2.40. The van der Waals surface area contributed by atoms with Crippen LogP contribution in [0.1, 0.15) is 73.7 Å². The lowest BCUT2D eigenvalue weighted by Crippen LogP contribution is -2.44. The average molecular weight is 438 g/mol. The molecule has 1 aromatic carbocycles. The molecule has 0 saturated carbocycles.